The summed E-state index contributed by atoms with van der Waals surface area (Å²) in [4.78, 5) is 9.56. The van der Waals surface area contributed by atoms with E-state index in [0.717, 1.165) is 19.0 Å². The lowest BCUT2D eigenvalue weighted by atomic mass is 9.97. The Labute approximate surface area is 150 Å². The van der Waals surface area contributed by atoms with Crippen molar-refractivity contribution in [3.63, 3.8) is 0 Å². The van der Waals surface area contributed by atoms with Crippen molar-refractivity contribution in [3.05, 3.63) is 11.7 Å². The Bertz CT molecular complexity index is 528. The van der Waals surface area contributed by atoms with Gasteiger partial charge in [0.1, 0.15) is 6.61 Å². The second kappa shape index (κ2) is 8.58. The molecule has 0 unspecified atom stereocenters. The Morgan fingerprint density at radius 3 is 2.68 bits per heavy atom. The number of aromatic nitrogens is 2. The molecule has 0 amide bonds. The number of rotatable bonds is 7. The van der Waals surface area contributed by atoms with Gasteiger partial charge in [-0.1, -0.05) is 19.0 Å². The van der Waals surface area contributed by atoms with Gasteiger partial charge < -0.3 is 19.3 Å². The average molecular weight is 352 g/mol. The first kappa shape index (κ1) is 18.8. The Hall–Kier alpha value is -1.02. The number of hydrogen-bond donors (Lipinski definition) is 1. The van der Waals surface area contributed by atoms with Crippen molar-refractivity contribution >= 4 is 0 Å². The summed E-state index contributed by atoms with van der Waals surface area (Å²) in [5.74, 6) is 2.24. The molecular formula is C18H32N4O3. The summed E-state index contributed by atoms with van der Waals surface area (Å²) >= 11 is 0. The summed E-state index contributed by atoms with van der Waals surface area (Å²) in [6.45, 7) is 10.4. The molecule has 1 aromatic heterocycles. The SMILES string of the molecule is COCc1noc([C@@H]2CN(C3CCN(CC(C)C)CC3)C[C@H]2CO)n1. The number of ether oxygens (including phenoxy) is 1. The standard InChI is InChI=1S/C18H32N4O3/c1-13(2)8-21-6-4-15(5-7-21)22-9-14(11-23)16(10-22)18-19-17(12-24-3)20-25-18/h13-16,23H,4-12H2,1-3H3/t14-,16+/m0/s1. The van der Waals surface area contributed by atoms with Gasteiger partial charge in [-0.2, -0.15) is 4.98 Å². The lowest BCUT2D eigenvalue weighted by Gasteiger charge is -2.37. The monoisotopic (exact) mass is 352 g/mol. The first-order chi connectivity index (χ1) is 12.1. The van der Waals surface area contributed by atoms with Crippen molar-refractivity contribution in [2.75, 3.05) is 46.4 Å². The van der Waals surface area contributed by atoms with Crippen molar-refractivity contribution in [3.8, 4) is 0 Å². The highest BCUT2D eigenvalue weighted by atomic mass is 16.5. The Kier molecular flexibility index (Phi) is 6.44. The quantitative estimate of drug-likeness (QED) is 0.794. The van der Waals surface area contributed by atoms with E-state index in [1.807, 2.05) is 0 Å². The molecule has 7 nitrogen and oxygen atoms in total. The van der Waals surface area contributed by atoms with Crippen molar-refractivity contribution in [2.45, 2.75) is 45.3 Å². The fourth-order valence-corrected chi connectivity index (χ4v) is 4.26. The van der Waals surface area contributed by atoms with Crippen LogP contribution >= 0.6 is 0 Å². The van der Waals surface area contributed by atoms with E-state index in [-0.39, 0.29) is 18.4 Å². The van der Waals surface area contributed by atoms with E-state index < -0.39 is 0 Å². The molecule has 25 heavy (non-hydrogen) atoms. The van der Waals surface area contributed by atoms with Crippen LogP contribution in [0.2, 0.25) is 0 Å². The predicted molar refractivity (Wildman–Crippen MR) is 94.2 cm³/mol. The number of nitrogens with zero attached hydrogens (tertiary/aromatic N) is 4. The second-order valence-corrected chi connectivity index (χ2v) is 7.91. The molecule has 0 bridgehead atoms. The smallest absolute Gasteiger partial charge is 0.231 e. The number of methoxy groups -OCH3 is 1. The van der Waals surface area contributed by atoms with Crippen LogP contribution in [0.15, 0.2) is 4.52 Å². The molecule has 0 aromatic carbocycles. The lowest BCUT2D eigenvalue weighted by molar-refractivity contribution is 0.112. The van der Waals surface area contributed by atoms with Crippen LogP contribution in [0, 0.1) is 11.8 Å². The van der Waals surface area contributed by atoms with Crippen molar-refractivity contribution in [1.29, 1.82) is 0 Å². The van der Waals surface area contributed by atoms with Gasteiger partial charge in [-0.3, -0.25) is 4.90 Å². The number of aliphatic hydroxyl groups is 1. The molecule has 0 saturated carbocycles. The van der Waals surface area contributed by atoms with Gasteiger partial charge in [0.2, 0.25) is 5.89 Å². The third kappa shape index (κ3) is 4.58. The first-order valence-corrected chi connectivity index (χ1v) is 9.49. The zero-order valence-corrected chi connectivity index (χ0v) is 15.7. The summed E-state index contributed by atoms with van der Waals surface area (Å²) in [6.07, 6.45) is 2.41. The second-order valence-electron chi connectivity index (χ2n) is 7.91. The highest BCUT2D eigenvalue weighted by Gasteiger charge is 2.40. The normalized spacial score (nSPS) is 26.8. The van der Waals surface area contributed by atoms with E-state index in [1.165, 1.54) is 32.5 Å². The number of hydrogen-bond acceptors (Lipinski definition) is 7. The van der Waals surface area contributed by atoms with Crippen molar-refractivity contribution < 1.29 is 14.4 Å². The minimum atomic E-state index is 0.122. The molecular weight excluding hydrogens is 320 g/mol. The molecule has 2 saturated heterocycles. The Morgan fingerprint density at radius 2 is 2.04 bits per heavy atom. The zero-order chi connectivity index (χ0) is 17.8. The van der Waals surface area contributed by atoms with Crippen molar-refractivity contribution in [2.24, 2.45) is 11.8 Å². The fourth-order valence-electron chi connectivity index (χ4n) is 4.26. The zero-order valence-electron chi connectivity index (χ0n) is 15.7. The van der Waals surface area contributed by atoms with E-state index in [2.05, 4.69) is 33.8 Å². The molecule has 1 N–H and O–H groups in total. The average Bonchev–Trinajstić information content (AvgIpc) is 3.22. The van der Waals surface area contributed by atoms with Crippen LogP contribution < -0.4 is 0 Å². The van der Waals surface area contributed by atoms with Gasteiger partial charge in [-0.15, -0.1) is 0 Å². The van der Waals surface area contributed by atoms with E-state index in [4.69, 9.17) is 9.26 Å². The van der Waals surface area contributed by atoms with Gasteiger partial charge >= 0.3 is 0 Å². The Morgan fingerprint density at radius 1 is 1.28 bits per heavy atom. The molecule has 3 rings (SSSR count). The maximum Gasteiger partial charge on any atom is 0.231 e. The van der Waals surface area contributed by atoms with Gasteiger partial charge in [0.05, 0.1) is 5.92 Å². The maximum absolute atomic E-state index is 9.82. The fraction of sp³-hybridized carbons (Fsp3) is 0.889. The van der Waals surface area contributed by atoms with Crippen LogP contribution in [0.25, 0.3) is 0 Å². The third-order valence-corrected chi connectivity index (χ3v) is 5.48. The minimum Gasteiger partial charge on any atom is -0.396 e. The minimum absolute atomic E-state index is 0.122. The molecule has 3 heterocycles. The predicted octanol–water partition coefficient (Wildman–Crippen LogP) is 1.34. The largest absolute Gasteiger partial charge is 0.396 e. The summed E-state index contributed by atoms with van der Waals surface area (Å²) < 4.78 is 10.5. The molecule has 0 radical (unpaired) electrons. The highest BCUT2D eigenvalue weighted by molar-refractivity contribution is 5.04. The van der Waals surface area contributed by atoms with Gasteiger partial charge in [0.15, 0.2) is 5.82 Å². The topological polar surface area (TPSA) is 74.9 Å². The third-order valence-electron chi connectivity index (χ3n) is 5.48. The van der Waals surface area contributed by atoms with Crippen LogP contribution in [-0.4, -0.2) is 77.5 Å². The van der Waals surface area contributed by atoms with Crippen LogP contribution in [-0.2, 0) is 11.3 Å². The number of aliphatic hydroxyl groups excluding tert-OH is 1. The van der Waals surface area contributed by atoms with E-state index >= 15 is 0 Å². The lowest BCUT2D eigenvalue weighted by Crippen LogP contribution is -2.45. The molecule has 1 aromatic rings. The molecule has 0 spiro atoms. The van der Waals surface area contributed by atoms with E-state index in [0.29, 0.717) is 24.4 Å². The van der Waals surface area contributed by atoms with Gasteiger partial charge in [-0.05, 0) is 31.8 Å². The molecule has 7 heteroatoms. The Balaban J connectivity index is 1.58. The van der Waals surface area contributed by atoms with Crippen molar-refractivity contribution in [1.82, 2.24) is 19.9 Å². The molecule has 2 aliphatic heterocycles. The molecule has 2 fully saturated rings. The molecule has 142 valence electrons. The summed E-state index contributed by atoms with van der Waals surface area (Å²) in [5.41, 5.74) is 0. The summed E-state index contributed by atoms with van der Waals surface area (Å²) in [7, 11) is 1.62. The molecule has 0 aliphatic carbocycles. The summed E-state index contributed by atoms with van der Waals surface area (Å²) in [6, 6.07) is 0.601. The molecule has 2 atom stereocenters. The maximum atomic E-state index is 9.82. The highest BCUT2D eigenvalue weighted by Crippen LogP contribution is 2.34. The van der Waals surface area contributed by atoms with Crippen LogP contribution in [0.5, 0.6) is 0 Å². The van der Waals surface area contributed by atoms with Crippen LogP contribution in [0.4, 0.5) is 0 Å². The number of piperidine rings is 1. The first-order valence-electron chi connectivity index (χ1n) is 9.49. The van der Waals surface area contributed by atoms with E-state index in [9.17, 15) is 5.11 Å². The van der Waals surface area contributed by atoms with Crippen LogP contribution in [0.3, 0.4) is 0 Å². The number of likely N-dealkylation sites (tertiary alicyclic amines) is 2. The van der Waals surface area contributed by atoms with Gasteiger partial charge in [0, 0.05) is 45.3 Å². The van der Waals surface area contributed by atoms with Gasteiger partial charge in [0.25, 0.3) is 0 Å². The van der Waals surface area contributed by atoms with Gasteiger partial charge in [-0.25, -0.2) is 0 Å². The van der Waals surface area contributed by atoms with E-state index in [1.54, 1.807) is 7.11 Å². The summed E-state index contributed by atoms with van der Waals surface area (Å²) in [5, 5.41) is 13.8. The molecule has 2 aliphatic rings. The van der Waals surface area contributed by atoms with Crippen LogP contribution in [0.1, 0.15) is 44.3 Å².